The fraction of sp³-hybridized carbons (Fsp3) is 0.0189. The van der Waals surface area contributed by atoms with Gasteiger partial charge < -0.3 is 4.74 Å². The van der Waals surface area contributed by atoms with Crippen LogP contribution in [0.5, 0.6) is 11.5 Å². The lowest BCUT2D eigenvalue weighted by Crippen LogP contribution is -2.32. The second-order valence-corrected chi connectivity index (χ2v) is 14.5. The van der Waals surface area contributed by atoms with Gasteiger partial charge in [-0.2, -0.15) is 0 Å². The van der Waals surface area contributed by atoms with Crippen LogP contribution in [0.25, 0.3) is 67.3 Å². The highest BCUT2D eigenvalue weighted by atomic mass is 16.5. The van der Waals surface area contributed by atoms with E-state index in [2.05, 4.69) is 170 Å². The first kappa shape index (κ1) is 32.1. The van der Waals surface area contributed by atoms with Crippen molar-refractivity contribution in [2.45, 2.75) is 5.41 Å². The zero-order valence-corrected chi connectivity index (χ0v) is 30.4. The molecule has 56 heavy (non-hydrogen) atoms. The summed E-state index contributed by atoms with van der Waals surface area (Å²) in [5.41, 5.74) is 16.5. The van der Waals surface area contributed by atoms with Crippen molar-refractivity contribution in [2.75, 3.05) is 0 Å². The van der Waals surface area contributed by atoms with Crippen LogP contribution in [0.4, 0.5) is 0 Å². The van der Waals surface area contributed by atoms with Crippen molar-refractivity contribution < 1.29 is 4.74 Å². The predicted molar refractivity (Wildman–Crippen MR) is 227 cm³/mol. The van der Waals surface area contributed by atoms with Gasteiger partial charge in [0, 0.05) is 27.8 Å². The molecule has 1 aromatic heterocycles. The Kier molecular flexibility index (Phi) is 7.39. The number of para-hydroxylation sites is 1. The molecule has 3 nitrogen and oxygen atoms in total. The van der Waals surface area contributed by atoms with Crippen LogP contribution in [0.1, 0.15) is 22.3 Å². The topological polar surface area (TPSA) is 35.0 Å². The maximum Gasteiger partial charge on any atom is 0.160 e. The summed E-state index contributed by atoms with van der Waals surface area (Å²) in [5, 5.41) is 0. The van der Waals surface area contributed by atoms with Gasteiger partial charge in [-0.3, -0.25) is 0 Å². The van der Waals surface area contributed by atoms with Gasteiger partial charge in [-0.15, -0.1) is 0 Å². The average Bonchev–Trinajstić information content (AvgIpc) is 3.57. The molecule has 3 heteroatoms. The van der Waals surface area contributed by atoms with E-state index in [0.29, 0.717) is 5.82 Å². The number of nitrogens with zero attached hydrogens (tertiary/aromatic N) is 2. The smallest absolute Gasteiger partial charge is 0.160 e. The summed E-state index contributed by atoms with van der Waals surface area (Å²) < 4.78 is 6.65. The fourth-order valence-corrected chi connectivity index (χ4v) is 8.79. The van der Waals surface area contributed by atoms with Crippen molar-refractivity contribution in [1.29, 1.82) is 0 Å². The third kappa shape index (κ3) is 5.05. The van der Waals surface area contributed by atoms with Gasteiger partial charge in [0.2, 0.25) is 0 Å². The number of rotatable bonds is 5. The second-order valence-electron chi connectivity index (χ2n) is 14.5. The zero-order chi connectivity index (χ0) is 37.1. The summed E-state index contributed by atoms with van der Waals surface area (Å²) in [4.78, 5) is 9.98. The van der Waals surface area contributed by atoms with Gasteiger partial charge >= 0.3 is 0 Å². The van der Waals surface area contributed by atoms with Gasteiger partial charge in [0.05, 0.1) is 16.8 Å². The average molecular weight is 715 g/mol. The van der Waals surface area contributed by atoms with Crippen LogP contribution < -0.4 is 4.74 Å². The number of aromatic nitrogens is 2. The van der Waals surface area contributed by atoms with Crippen LogP contribution in [0.15, 0.2) is 206 Å². The Hall–Kier alpha value is -7.36. The Morgan fingerprint density at radius 3 is 1.34 bits per heavy atom. The number of fused-ring (bicyclic) bond motifs is 9. The van der Waals surface area contributed by atoms with E-state index in [9.17, 15) is 0 Å². The molecular formula is C53H34N2O. The molecule has 8 aromatic carbocycles. The van der Waals surface area contributed by atoms with E-state index < -0.39 is 5.41 Å². The monoisotopic (exact) mass is 714 g/mol. The molecular weight excluding hydrogens is 681 g/mol. The Morgan fingerprint density at radius 2 is 0.732 bits per heavy atom. The molecule has 0 saturated carbocycles. The van der Waals surface area contributed by atoms with Crippen molar-refractivity contribution in [3.63, 3.8) is 0 Å². The van der Waals surface area contributed by atoms with E-state index >= 15 is 0 Å². The molecule has 0 bridgehead atoms. The highest BCUT2D eigenvalue weighted by molar-refractivity contribution is 5.89. The summed E-state index contributed by atoms with van der Waals surface area (Å²) in [7, 11) is 0. The minimum atomic E-state index is -0.484. The van der Waals surface area contributed by atoms with Gasteiger partial charge in [0.15, 0.2) is 5.82 Å². The fourth-order valence-electron chi connectivity index (χ4n) is 8.79. The summed E-state index contributed by atoms with van der Waals surface area (Å²) in [5.74, 6) is 2.51. The van der Waals surface area contributed by atoms with Gasteiger partial charge in [-0.05, 0) is 68.8 Å². The SMILES string of the molecule is c1ccc(-c2cc(-c3ccc(-c4ccc(-c5ccc6c(c5)C5(c7ccccc7O6)c6ccccc6-c6ccccc65)cc4)cc3)nc(-c3ccccc3)n2)cc1. The molecule has 0 saturated heterocycles. The number of hydrogen-bond acceptors (Lipinski definition) is 3. The van der Waals surface area contributed by atoms with Crippen LogP contribution in [0, 0.1) is 0 Å². The van der Waals surface area contributed by atoms with Gasteiger partial charge in [0.25, 0.3) is 0 Å². The zero-order valence-electron chi connectivity index (χ0n) is 30.4. The van der Waals surface area contributed by atoms with E-state index in [4.69, 9.17) is 14.7 Å². The lowest BCUT2D eigenvalue weighted by molar-refractivity contribution is 0.436. The number of hydrogen-bond donors (Lipinski definition) is 0. The molecule has 0 unspecified atom stereocenters. The number of benzene rings is 8. The summed E-state index contributed by atoms with van der Waals surface area (Å²) in [6.45, 7) is 0. The normalized spacial score (nSPS) is 12.9. The first-order valence-corrected chi connectivity index (χ1v) is 19.1. The molecule has 1 aliphatic heterocycles. The molecule has 0 radical (unpaired) electrons. The van der Waals surface area contributed by atoms with E-state index in [1.54, 1.807) is 0 Å². The third-order valence-electron chi connectivity index (χ3n) is 11.4. The summed E-state index contributed by atoms with van der Waals surface area (Å²) in [6.07, 6.45) is 0. The van der Waals surface area contributed by atoms with E-state index in [1.165, 1.54) is 33.4 Å². The van der Waals surface area contributed by atoms with Crippen LogP contribution >= 0.6 is 0 Å². The van der Waals surface area contributed by atoms with Crippen molar-refractivity contribution in [3.05, 3.63) is 229 Å². The minimum absolute atomic E-state index is 0.484. The lowest BCUT2D eigenvalue weighted by atomic mass is 9.66. The van der Waals surface area contributed by atoms with E-state index in [-0.39, 0.29) is 0 Å². The second kappa shape index (κ2) is 12.9. The highest BCUT2D eigenvalue weighted by Gasteiger charge is 2.50. The molecule has 0 amide bonds. The standard InChI is InChI=1S/C53H34N2O/c1-3-13-38(14-4-1)48-34-49(55-52(54-48)40-15-5-2-6-16-40)39-29-27-36(28-30-39)35-23-25-37(26-24-35)41-31-32-51-47(33-41)53(46-21-11-12-22-50(46)56-51)44-19-9-7-17-42(44)43-18-8-10-20-45(43)53/h1-34H. The Bertz CT molecular complexity index is 2810. The molecule has 1 spiro atoms. The van der Waals surface area contributed by atoms with Crippen molar-refractivity contribution in [2.24, 2.45) is 0 Å². The largest absolute Gasteiger partial charge is 0.457 e. The summed E-state index contributed by atoms with van der Waals surface area (Å²) in [6, 6.07) is 73.1. The van der Waals surface area contributed by atoms with E-state index in [0.717, 1.165) is 61.8 Å². The van der Waals surface area contributed by atoms with Gasteiger partial charge in [0.1, 0.15) is 11.5 Å². The van der Waals surface area contributed by atoms with Crippen LogP contribution in [0.3, 0.4) is 0 Å². The van der Waals surface area contributed by atoms with Crippen molar-refractivity contribution >= 4 is 0 Å². The van der Waals surface area contributed by atoms with Crippen molar-refractivity contribution in [3.8, 4) is 78.8 Å². The van der Waals surface area contributed by atoms with Crippen LogP contribution in [0.2, 0.25) is 0 Å². The molecule has 2 heterocycles. The van der Waals surface area contributed by atoms with Crippen molar-refractivity contribution in [1.82, 2.24) is 9.97 Å². The molecule has 262 valence electrons. The van der Waals surface area contributed by atoms with Gasteiger partial charge in [-0.25, -0.2) is 9.97 Å². The minimum Gasteiger partial charge on any atom is -0.457 e. The first-order valence-electron chi connectivity index (χ1n) is 19.1. The maximum atomic E-state index is 6.65. The van der Waals surface area contributed by atoms with Crippen LogP contribution in [-0.2, 0) is 5.41 Å². The Labute approximate surface area is 326 Å². The van der Waals surface area contributed by atoms with Gasteiger partial charge in [-0.1, -0.05) is 182 Å². The third-order valence-corrected chi connectivity index (χ3v) is 11.4. The molecule has 1 aliphatic carbocycles. The molecule has 9 aromatic rings. The molecule has 0 N–H and O–H groups in total. The molecule has 2 aliphatic rings. The maximum absolute atomic E-state index is 6.65. The highest BCUT2D eigenvalue weighted by Crippen LogP contribution is 2.62. The predicted octanol–water partition coefficient (Wildman–Crippen LogP) is 13.3. The number of ether oxygens (including phenoxy) is 1. The molecule has 0 fully saturated rings. The van der Waals surface area contributed by atoms with Crippen LogP contribution in [-0.4, -0.2) is 9.97 Å². The Morgan fingerprint density at radius 1 is 0.304 bits per heavy atom. The first-order chi connectivity index (χ1) is 27.7. The quantitative estimate of drug-likeness (QED) is 0.178. The lowest BCUT2D eigenvalue weighted by Gasteiger charge is -2.39. The summed E-state index contributed by atoms with van der Waals surface area (Å²) >= 11 is 0. The Balaban J connectivity index is 0.950. The molecule has 11 rings (SSSR count). The molecule has 0 atom stereocenters. The van der Waals surface area contributed by atoms with E-state index in [1.807, 2.05) is 36.4 Å².